The lowest BCUT2D eigenvalue weighted by Gasteiger charge is -2.07. The van der Waals surface area contributed by atoms with Gasteiger partial charge >= 0.3 is 0 Å². The number of nitrogens with zero attached hydrogens (tertiary/aromatic N) is 1. The van der Waals surface area contributed by atoms with Crippen LogP contribution in [0.2, 0.25) is 0 Å². The third-order valence-corrected chi connectivity index (χ3v) is 2.16. The van der Waals surface area contributed by atoms with E-state index in [9.17, 15) is 4.79 Å². The summed E-state index contributed by atoms with van der Waals surface area (Å²) in [6.07, 6.45) is 3.99. The monoisotopic (exact) mass is 207 g/mol. The van der Waals surface area contributed by atoms with E-state index in [1.54, 1.807) is 6.07 Å². The number of carbonyl (C=O) groups is 1. The molecule has 1 aromatic rings. The van der Waals surface area contributed by atoms with Gasteiger partial charge in [-0.3, -0.25) is 4.79 Å². The predicted octanol–water partition coefficient (Wildman–Crippen LogP) is 0.565. The highest BCUT2D eigenvalue weighted by Gasteiger charge is 2.24. The number of pyridine rings is 1. The minimum Gasteiger partial charge on any atom is -0.489 e. The van der Waals surface area contributed by atoms with Crippen molar-refractivity contribution in [3.05, 3.63) is 18.0 Å². The van der Waals surface area contributed by atoms with Gasteiger partial charge in [0.1, 0.15) is 5.75 Å². The first-order chi connectivity index (χ1) is 7.20. The Balaban J connectivity index is 2.17. The molecule has 5 heteroatoms. The number of nitrogens with one attached hydrogen (secondary N) is 1. The Morgan fingerprint density at radius 3 is 2.93 bits per heavy atom. The Kier molecular flexibility index (Phi) is 2.45. The van der Waals surface area contributed by atoms with Gasteiger partial charge in [0.2, 0.25) is 0 Å². The molecule has 1 aliphatic rings. The zero-order chi connectivity index (χ0) is 10.8. The highest BCUT2D eigenvalue weighted by Crippen LogP contribution is 2.27. The van der Waals surface area contributed by atoms with Crippen LogP contribution in [0.15, 0.2) is 12.3 Å². The van der Waals surface area contributed by atoms with Crippen LogP contribution in [0.5, 0.6) is 5.75 Å². The number of amides is 1. The number of nitrogen functional groups attached to an aromatic ring is 1. The van der Waals surface area contributed by atoms with Crippen LogP contribution in [0.4, 0.5) is 5.69 Å². The van der Waals surface area contributed by atoms with Crippen LogP contribution in [0.1, 0.15) is 23.3 Å². The highest BCUT2D eigenvalue weighted by molar-refractivity contribution is 5.97. The molecular formula is C10H13N3O2. The first-order valence-electron chi connectivity index (χ1n) is 4.85. The molecule has 0 saturated heterocycles. The zero-order valence-electron chi connectivity index (χ0n) is 8.49. The maximum atomic E-state index is 11.3. The molecule has 15 heavy (non-hydrogen) atoms. The van der Waals surface area contributed by atoms with Crippen LogP contribution in [0.25, 0.3) is 0 Å². The molecule has 0 bridgehead atoms. The Bertz CT molecular complexity index is 388. The van der Waals surface area contributed by atoms with Gasteiger partial charge in [0.15, 0.2) is 5.69 Å². The van der Waals surface area contributed by atoms with Gasteiger partial charge in [-0.05, 0) is 12.8 Å². The van der Waals surface area contributed by atoms with E-state index in [1.165, 1.54) is 13.2 Å². The van der Waals surface area contributed by atoms with Crippen molar-refractivity contribution in [2.24, 2.45) is 0 Å². The fourth-order valence-electron chi connectivity index (χ4n) is 1.21. The van der Waals surface area contributed by atoms with Gasteiger partial charge in [0.05, 0.1) is 18.0 Å². The summed E-state index contributed by atoms with van der Waals surface area (Å²) in [6.45, 7) is 0. The third-order valence-electron chi connectivity index (χ3n) is 2.16. The molecule has 0 spiro atoms. The zero-order valence-corrected chi connectivity index (χ0v) is 8.49. The number of hydrogen-bond donors (Lipinski definition) is 2. The molecule has 0 aliphatic heterocycles. The predicted molar refractivity (Wildman–Crippen MR) is 55.7 cm³/mol. The number of aromatic nitrogens is 1. The summed E-state index contributed by atoms with van der Waals surface area (Å²) in [5.74, 6) is 0.341. The number of rotatable bonds is 3. The topological polar surface area (TPSA) is 77.2 Å². The van der Waals surface area contributed by atoms with Gasteiger partial charge in [0, 0.05) is 13.1 Å². The molecular weight excluding hydrogens is 194 g/mol. The van der Waals surface area contributed by atoms with E-state index in [-0.39, 0.29) is 11.6 Å². The van der Waals surface area contributed by atoms with Crippen molar-refractivity contribution in [1.29, 1.82) is 0 Å². The molecule has 1 aromatic heterocycles. The summed E-state index contributed by atoms with van der Waals surface area (Å²) in [5.41, 5.74) is 6.27. The fraction of sp³-hybridized carbons (Fsp3) is 0.400. The molecule has 5 nitrogen and oxygen atoms in total. The summed E-state index contributed by atoms with van der Waals surface area (Å²) >= 11 is 0. The molecule has 1 aliphatic carbocycles. The van der Waals surface area contributed by atoms with Crippen LogP contribution in [-0.2, 0) is 0 Å². The van der Waals surface area contributed by atoms with Gasteiger partial charge in [-0.25, -0.2) is 4.98 Å². The van der Waals surface area contributed by atoms with Crippen molar-refractivity contribution >= 4 is 11.6 Å². The van der Waals surface area contributed by atoms with Crippen LogP contribution < -0.4 is 15.8 Å². The first-order valence-corrected chi connectivity index (χ1v) is 4.85. The van der Waals surface area contributed by atoms with E-state index in [0.717, 1.165) is 12.8 Å². The first kappa shape index (κ1) is 9.76. The lowest BCUT2D eigenvalue weighted by Crippen LogP contribution is -2.20. The lowest BCUT2D eigenvalue weighted by atomic mass is 10.3. The maximum Gasteiger partial charge on any atom is 0.271 e. The molecule has 1 amide bonds. The summed E-state index contributed by atoms with van der Waals surface area (Å²) < 4.78 is 5.50. The Morgan fingerprint density at radius 1 is 1.67 bits per heavy atom. The fourth-order valence-corrected chi connectivity index (χ4v) is 1.21. The smallest absolute Gasteiger partial charge is 0.271 e. The van der Waals surface area contributed by atoms with Crippen molar-refractivity contribution in [3.63, 3.8) is 0 Å². The van der Waals surface area contributed by atoms with Gasteiger partial charge in [0.25, 0.3) is 5.91 Å². The van der Waals surface area contributed by atoms with Crippen molar-refractivity contribution < 1.29 is 9.53 Å². The lowest BCUT2D eigenvalue weighted by molar-refractivity contribution is 0.0959. The molecule has 0 radical (unpaired) electrons. The molecule has 1 saturated carbocycles. The van der Waals surface area contributed by atoms with Crippen LogP contribution in [0.3, 0.4) is 0 Å². The van der Waals surface area contributed by atoms with E-state index >= 15 is 0 Å². The SMILES string of the molecule is CNC(=O)c1ncc(OC2CC2)cc1N. The molecule has 80 valence electrons. The molecule has 0 atom stereocenters. The summed E-state index contributed by atoms with van der Waals surface area (Å²) in [6, 6.07) is 1.63. The molecule has 0 unspecified atom stereocenters. The van der Waals surface area contributed by atoms with Gasteiger partial charge in [-0.2, -0.15) is 0 Å². The molecule has 1 fully saturated rings. The average molecular weight is 207 g/mol. The number of carbonyl (C=O) groups excluding carboxylic acids is 1. The second-order valence-corrected chi connectivity index (χ2v) is 3.51. The summed E-state index contributed by atoms with van der Waals surface area (Å²) in [4.78, 5) is 15.3. The van der Waals surface area contributed by atoms with Crippen molar-refractivity contribution in [2.75, 3.05) is 12.8 Å². The van der Waals surface area contributed by atoms with Crippen LogP contribution in [-0.4, -0.2) is 24.0 Å². The molecule has 1 heterocycles. The minimum absolute atomic E-state index is 0.237. The van der Waals surface area contributed by atoms with Crippen LogP contribution >= 0.6 is 0 Å². The Morgan fingerprint density at radius 2 is 2.40 bits per heavy atom. The standard InChI is InChI=1S/C10H13N3O2/c1-12-10(14)9-8(11)4-7(5-13-9)15-6-2-3-6/h4-6H,2-3,11H2,1H3,(H,12,14). The van der Waals surface area contributed by atoms with E-state index in [1.807, 2.05) is 0 Å². The summed E-state index contributed by atoms with van der Waals surface area (Å²) in [5, 5.41) is 2.47. The van der Waals surface area contributed by atoms with Gasteiger partial charge < -0.3 is 15.8 Å². The van der Waals surface area contributed by atoms with Crippen LogP contribution in [0, 0.1) is 0 Å². The maximum absolute atomic E-state index is 11.3. The number of hydrogen-bond acceptors (Lipinski definition) is 4. The number of anilines is 1. The Hall–Kier alpha value is -1.78. The largest absolute Gasteiger partial charge is 0.489 e. The van der Waals surface area contributed by atoms with Crippen molar-refractivity contribution in [1.82, 2.24) is 10.3 Å². The number of nitrogens with two attached hydrogens (primary N) is 1. The third kappa shape index (κ3) is 2.18. The van der Waals surface area contributed by atoms with E-state index in [4.69, 9.17) is 10.5 Å². The minimum atomic E-state index is -0.287. The highest BCUT2D eigenvalue weighted by atomic mass is 16.5. The quantitative estimate of drug-likeness (QED) is 0.759. The molecule has 2 rings (SSSR count). The van der Waals surface area contributed by atoms with E-state index in [2.05, 4.69) is 10.3 Å². The second kappa shape index (κ2) is 3.76. The number of ether oxygens (including phenoxy) is 1. The molecule has 0 aromatic carbocycles. The van der Waals surface area contributed by atoms with Crippen molar-refractivity contribution in [2.45, 2.75) is 18.9 Å². The Labute approximate surface area is 87.6 Å². The summed E-state index contributed by atoms with van der Waals surface area (Å²) in [7, 11) is 1.54. The van der Waals surface area contributed by atoms with E-state index in [0.29, 0.717) is 17.5 Å². The normalized spacial score (nSPS) is 14.7. The average Bonchev–Trinajstić information content (AvgIpc) is 3.01. The van der Waals surface area contributed by atoms with Gasteiger partial charge in [-0.1, -0.05) is 0 Å². The molecule has 3 N–H and O–H groups in total. The van der Waals surface area contributed by atoms with E-state index < -0.39 is 0 Å². The second-order valence-electron chi connectivity index (χ2n) is 3.51. The van der Waals surface area contributed by atoms with Gasteiger partial charge in [-0.15, -0.1) is 0 Å². The van der Waals surface area contributed by atoms with Crippen molar-refractivity contribution in [3.8, 4) is 5.75 Å².